The lowest BCUT2D eigenvalue weighted by atomic mass is 9.94. The molecule has 2 aromatic carbocycles. The lowest BCUT2D eigenvalue weighted by molar-refractivity contribution is -0.141. The number of nitrogens with one attached hydrogen (secondary N) is 4. The molecule has 3 rings (SSSR count). The third-order valence-corrected chi connectivity index (χ3v) is 6.19. The zero-order valence-corrected chi connectivity index (χ0v) is 22.1. The van der Waals surface area contributed by atoms with Gasteiger partial charge >= 0.3 is 6.09 Å². The van der Waals surface area contributed by atoms with Gasteiger partial charge in [-0.15, -0.1) is 0 Å². The summed E-state index contributed by atoms with van der Waals surface area (Å²) in [5.74, 6) is -3.53. The minimum absolute atomic E-state index is 0.0825. The van der Waals surface area contributed by atoms with E-state index in [-0.39, 0.29) is 36.8 Å². The Hall–Kier alpha value is -4.21. The molecule has 10 heteroatoms. The van der Waals surface area contributed by atoms with Crippen molar-refractivity contribution in [2.45, 2.75) is 58.3 Å². The van der Waals surface area contributed by atoms with E-state index in [1.165, 1.54) is 12.1 Å². The van der Waals surface area contributed by atoms with E-state index in [1.54, 1.807) is 42.5 Å². The summed E-state index contributed by atoms with van der Waals surface area (Å²) in [5.41, 5.74) is 0.890. The lowest BCUT2D eigenvalue weighted by Crippen LogP contribution is -2.54. The van der Waals surface area contributed by atoms with E-state index in [1.807, 2.05) is 19.9 Å². The minimum Gasteiger partial charge on any atom is -0.445 e. The number of carbonyl (C=O) groups excluding carboxylic acids is 5. The molecule has 1 aliphatic heterocycles. The molecule has 1 heterocycles. The maximum atomic E-state index is 13.4. The van der Waals surface area contributed by atoms with Gasteiger partial charge in [-0.2, -0.15) is 0 Å². The van der Waals surface area contributed by atoms with Crippen LogP contribution < -0.4 is 21.3 Å². The molecule has 4 N–H and O–H groups in total. The molecule has 1 fully saturated rings. The summed E-state index contributed by atoms with van der Waals surface area (Å²) in [6.45, 7) is 1.70. The van der Waals surface area contributed by atoms with Crippen molar-refractivity contribution in [3.05, 3.63) is 71.8 Å². The van der Waals surface area contributed by atoms with Crippen LogP contribution in [0.5, 0.6) is 0 Å². The van der Waals surface area contributed by atoms with E-state index in [2.05, 4.69) is 21.3 Å². The first-order valence-corrected chi connectivity index (χ1v) is 13.0. The topological polar surface area (TPSA) is 143 Å². The number of benzene rings is 2. The van der Waals surface area contributed by atoms with Crippen molar-refractivity contribution < 1.29 is 31.5 Å². The van der Waals surface area contributed by atoms with Crippen LogP contribution >= 0.6 is 0 Å². The standard InChI is InChI=1S/C29H36N4O6/c1-19(2)15-24(33-29(38)39-18-21-11-7-4-8-12-21)27(36)32-23(16-22-13-14-30-26(22)35)25(34)28(37)31-17-20-9-5-3-6-10-20/h3-12,19,22-24H,13-18H2,1-2H3,(H,30,35)(H,31,37)(H,32,36)(H,33,38)/t22-,23-,24-/m0/s1/i18D2. The van der Waals surface area contributed by atoms with Crippen LogP contribution in [-0.4, -0.2) is 48.2 Å². The van der Waals surface area contributed by atoms with Gasteiger partial charge in [0.2, 0.25) is 17.6 Å². The SMILES string of the molecule is [2H]C([2H])(OC(=O)N[C@@H](CC(C)C)C(=O)N[C@@H](C[C@@H]1CCNC1=O)C(=O)C(=O)NCc1ccccc1)c1ccccc1. The molecule has 1 saturated heterocycles. The number of hydrogen-bond donors (Lipinski definition) is 4. The molecule has 0 radical (unpaired) electrons. The summed E-state index contributed by atoms with van der Waals surface area (Å²) in [6.07, 6.45) is -0.679. The molecule has 0 aromatic heterocycles. The van der Waals surface area contributed by atoms with Crippen LogP contribution in [0.1, 0.15) is 47.0 Å². The summed E-state index contributed by atoms with van der Waals surface area (Å²) in [6, 6.07) is 14.3. The van der Waals surface area contributed by atoms with Crippen molar-refractivity contribution in [2.75, 3.05) is 6.54 Å². The summed E-state index contributed by atoms with van der Waals surface area (Å²) in [5, 5.41) is 10.2. The average molecular weight is 539 g/mol. The molecule has 0 unspecified atom stereocenters. The maximum Gasteiger partial charge on any atom is 0.408 e. The Balaban J connectivity index is 1.72. The van der Waals surface area contributed by atoms with Gasteiger partial charge in [0.05, 0.1) is 8.78 Å². The highest BCUT2D eigenvalue weighted by Crippen LogP contribution is 2.17. The van der Waals surface area contributed by atoms with Crippen LogP contribution in [0.2, 0.25) is 0 Å². The van der Waals surface area contributed by atoms with Gasteiger partial charge in [-0.05, 0) is 36.3 Å². The quantitative estimate of drug-likeness (QED) is 0.288. The fraction of sp³-hybridized carbons (Fsp3) is 0.414. The molecule has 3 atom stereocenters. The first kappa shape index (κ1) is 26.4. The van der Waals surface area contributed by atoms with E-state index in [0.29, 0.717) is 13.0 Å². The van der Waals surface area contributed by atoms with E-state index in [0.717, 1.165) is 5.56 Å². The number of hydrogen-bond acceptors (Lipinski definition) is 6. The number of Topliss-reactive ketones (excluding diaryl/α,β-unsaturated/α-hetero) is 1. The van der Waals surface area contributed by atoms with Crippen molar-refractivity contribution >= 4 is 29.6 Å². The van der Waals surface area contributed by atoms with E-state index in [9.17, 15) is 24.0 Å². The van der Waals surface area contributed by atoms with Gasteiger partial charge in [-0.3, -0.25) is 19.2 Å². The van der Waals surface area contributed by atoms with E-state index >= 15 is 0 Å². The number of alkyl carbamates (subject to hydrolysis) is 1. The van der Waals surface area contributed by atoms with Gasteiger partial charge in [0, 0.05) is 19.0 Å². The van der Waals surface area contributed by atoms with Crippen LogP contribution in [0.3, 0.4) is 0 Å². The third-order valence-electron chi connectivity index (χ3n) is 6.19. The normalized spacial score (nSPS) is 17.2. The van der Waals surface area contributed by atoms with Gasteiger partial charge in [0.1, 0.15) is 12.6 Å². The Bertz CT molecular complexity index is 1230. The Kier molecular flexibility index (Phi) is 9.92. The second kappa shape index (κ2) is 14.7. The summed E-state index contributed by atoms with van der Waals surface area (Å²) in [4.78, 5) is 64.2. The third kappa shape index (κ3) is 9.55. The molecule has 10 nitrogen and oxygen atoms in total. The second-order valence-corrected chi connectivity index (χ2v) is 9.79. The molecular weight excluding hydrogens is 500 g/mol. The molecule has 0 aliphatic carbocycles. The molecular formula is C29H36N4O6. The molecule has 2 aromatic rings. The largest absolute Gasteiger partial charge is 0.445 e. The fourth-order valence-electron chi connectivity index (χ4n) is 4.17. The highest BCUT2D eigenvalue weighted by atomic mass is 16.5. The van der Waals surface area contributed by atoms with Crippen molar-refractivity contribution in [1.82, 2.24) is 21.3 Å². The zero-order chi connectivity index (χ0) is 30.0. The van der Waals surface area contributed by atoms with Crippen molar-refractivity contribution in [1.29, 1.82) is 0 Å². The van der Waals surface area contributed by atoms with Crippen LogP contribution in [0.25, 0.3) is 0 Å². The molecule has 0 saturated carbocycles. The summed E-state index contributed by atoms with van der Waals surface area (Å²) in [7, 11) is 0. The van der Waals surface area contributed by atoms with E-state index < -0.39 is 48.3 Å². The molecule has 0 bridgehead atoms. The second-order valence-electron chi connectivity index (χ2n) is 9.79. The zero-order valence-electron chi connectivity index (χ0n) is 24.1. The monoisotopic (exact) mass is 538 g/mol. The Morgan fingerprint density at radius 2 is 1.62 bits per heavy atom. The number of rotatable bonds is 13. The van der Waals surface area contributed by atoms with Gasteiger partial charge in [0.15, 0.2) is 0 Å². The first-order chi connectivity index (χ1) is 19.5. The smallest absolute Gasteiger partial charge is 0.408 e. The highest BCUT2D eigenvalue weighted by Gasteiger charge is 2.35. The molecule has 4 amide bonds. The summed E-state index contributed by atoms with van der Waals surface area (Å²) < 4.78 is 21.2. The Morgan fingerprint density at radius 1 is 0.974 bits per heavy atom. The Labute approximate surface area is 231 Å². The van der Waals surface area contributed by atoms with Crippen molar-refractivity contribution in [3.8, 4) is 0 Å². The molecule has 0 spiro atoms. The molecule has 1 aliphatic rings. The average Bonchev–Trinajstić information content (AvgIpc) is 3.35. The molecule has 208 valence electrons. The van der Waals surface area contributed by atoms with Gasteiger partial charge in [-0.25, -0.2) is 4.79 Å². The van der Waals surface area contributed by atoms with Gasteiger partial charge in [0.25, 0.3) is 5.91 Å². The van der Waals surface area contributed by atoms with E-state index in [4.69, 9.17) is 7.48 Å². The van der Waals surface area contributed by atoms with Crippen LogP contribution in [0, 0.1) is 11.8 Å². The van der Waals surface area contributed by atoms with Crippen molar-refractivity contribution in [3.63, 3.8) is 0 Å². The van der Waals surface area contributed by atoms with Crippen molar-refractivity contribution in [2.24, 2.45) is 11.8 Å². The Morgan fingerprint density at radius 3 is 2.21 bits per heavy atom. The lowest BCUT2D eigenvalue weighted by Gasteiger charge is -2.24. The van der Waals surface area contributed by atoms with Gasteiger partial charge in [-0.1, -0.05) is 74.5 Å². The van der Waals surface area contributed by atoms with Gasteiger partial charge < -0.3 is 26.0 Å². The van der Waals surface area contributed by atoms with Crippen LogP contribution in [0.15, 0.2) is 60.7 Å². The number of carbonyl (C=O) groups is 5. The predicted molar refractivity (Wildman–Crippen MR) is 144 cm³/mol. The maximum absolute atomic E-state index is 13.4. The summed E-state index contributed by atoms with van der Waals surface area (Å²) >= 11 is 0. The minimum atomic E-state index is -2.46. The number of amides is 4. The first-order valence-electron chi connectivity index (χ1n) is 14.0. The highest BCUT2D eigenvalue weighted by molar-refractivity contribution is 6.38. The fourth-order valence-corrected chi connectivity index (χ4v) is 4.17. The van der Waals surface area contributed by atoms with Crippen LogP contribution in [-0.2, 0) is 37.0 Å². The molecule has 39 heavy (non-hydrogen) atoms. The predicted octanol–water partition coefficient (Wildman–Crippen LogP) is 2.22. The number of ketones is 1. The van der Waals surface area contributed by atoms with Crippen LogP contribution in [0.4, 0.5) is 4.79 Å². The number of ether oxygens (including phenoxy) is 1.